The molecular formula is C10H13N3OS. The van der Waals surface area contributed by atoms with Crippen molar-refractivity contribution in [3.05, 3.63) is 16.1 Å². The fourth-order valence-corrected chi connectivity index (χ4v) is 1.75. The van der Waals surface area contributed by atoms with Crippen LogP contribution in [-0.2, 0) is 6.42 Å². The van der Waals surface area contributed by atoms with E-state index in [0.717, 1.165) is 5.01 Å². The van der Waals surface area contributed by atoms with E-state index in [-0.39, 0.29) is 5.91 Å². The highest BCUT2D eigenvalue weighted by Gasteiger charge is 2.08. The fraction of sp³-hybridized carbons (Fsp3) is 0.400. The molecule has 0 aliphatic rings. The fourth-order valence-electron chi connectivity index (χ4n) is 0.957. The van der Waals surface area contributed by atoms with Gasteiger partial charge in [0.2, 0.25) is 0 Å². The average Bonchev–Trinajstić information content (AvgIpc) is 2.67. The maximum absolute atomic E-state index is 11.5. The molecule has 1 aromatic rings. The molecule has 0 aliphatic heterocycles. The van der Waals surface area contributed by atoms with E-state index in [4.69, 9.17) is 5.73 Å². The zero-order chi connectivity index (χ0) is 11.1. The summed E-state index contributed by atoms with van der Waals surface area (Å²) in [5.41, 5.74) is 5.84. The maximum atomic E-state index is 11.5. The lowest BCUT2D eigenvalue weighted by Crippen LogP contribution is -2.23. The molecule has 15 heavy (non-hydrogen) atoms. The molecule has 1 heterocycles. The Kier molecular flexibility index (Phi) is 4.81. The van der Waals surface area contributed by atoms with E-state index in [9.17, 15) is 4.79 Å². The first-order chi connectivity index (χ1) is 7.27. The van der Waals surface area contributed by atoms with Gasteiger partial charge < -0.3 is 11.1 Å². The van der Waals surface area contributed by atoms with E-state index in [2.05, 4.69) is 22.1 Å². The molecule has 1 amide bonds. The molecule has 1 rings (SSSR count). The van der Waals surface area contributed by atoms with Crippen molar-refractivity contribution in [3.8, 4) is 11.8 Å². The molecule has 3 N–H and O–H groups in total. The van der Waals surface area contributed by atoms with Crippen LogP contribution in [0.5, 0.6) is 0 Å². The minimum atomic E-state index is -0.183. The monoisotopic (exact) mass is 223 g/mol. The molecule has 5 heteroatoms. The number of carbonyl (C=O) groups excluding carboxylic acids is 1. The minimum Gasteiger partial charge on any atom is -0.340 e. The van der Waals surface area contributed by atoms with Crippen molar-refractivity contribution in [1.82, 2.24) is 10.3 Å². The van der Waals surface area contributed by atoms with Crippen LogP contribution in [0.4, 0.5) is 0 Å². The van der Waals surface area contributed by atoms with Crippen LogP contribution in [0.2, 0.25) is 0 Å². The highest BCUT2D eigenvalue weighted by molar-refractivity contribution is 7.09. The number of amides is 1. The SMILES string of the molecule is CC#CCNC(=O)c1csc(CCN)n1. The molecule has 0 spiro atoms. The molecule has 0 atom stereocenters. The van der Waals surface area contributed by atoms with Crippen molar-refractivity contribution >= 4 is 17.2 Å². The zero-order valence-electron chi connectivity index (χ0n) is 8.54. The molecule has 0 radical (unpaired) electrons. The normalized spacial score (nSPS) is 9.20. The second-order valence-electron chi connectivity index (χ2n) is 2.77. The zero-order valence-corrected chi connectivity index (χ0v) is 9.36. The lowest BCUT2D eigenvalue weighted by atomic mass is 10.4. The summed E-state index contributed by atoms with van der Waals surface area (Å²) in [5.74, 6) is 5.27. The minimum absolute atomic E-state index is 0.183. The summed E-state index contributed by atoms with van der Waals surface area (Å²) in [6.45, 7) is 2.64. The smallest absolute Gasteiger partial charge is 0.271 e. The Morgan fingerprint density at radius 2 is 2.53 bits per heavy atom. The van der Waals surface area contributed by atoms with Crippen LogP contribution in [-0.4, -0.2) is 24.0 Å². The van der Waals surface area contributed by atoms with E-state index in [0.29, 0.717) is 25.2 Å². The van der Waals surface area contributed by atoms with Crippen LogP contribution in [0.15, 0.2) is 5.38 Å². The number of nitrogens with two attached hydrogens (primary N) is 1. The number of carbonyl (C=O) groups is 1. The first-order valence-electron chi connectivity index (χ1n) is 4.60. The number of thiazole rings is 1. The second-order valence-corrected chi connectivity index (χ2v) is 3.72. The van der Waals surface area contributed by atoms with Gasteiger partial charge in [-0.2, -0.15) is 0 Å². The largest absolute Gasteiger partial charge is 0.340 e. The third-order valence-electron chi connectivity index (χ3n) is 1.66. The first-order valence-corrected chi connectivity index (χ1v) is 5.48. The van der Waals surface area contributed by atoms with Gasteiger partial charge in [0, 0.05) is 11.8 Å². The summed E-state index contributed by atoms with van der Waals surface area (Å²) in [4.78, 5) is 15.6. The van der Waals surface area contributed by atoms with E-state index in [1.165, 1.54) is 11.3 Å². The van der Waals surface area contributed by atoms with Gasteiger partial charge in [0.25, 0.3) is 5.91 Å². The molecule has 0 aromatic carbocycles. The summed E-state index contributed by atoms with van der Waals surface area (Å²) in [6, 6.07) is 0. The van der Waals surface area contributed by atoms with Gasteiger partial charge in [0.05, 0.1) is 11.6 Å². The van der Waals surface area contributed by atoms with Gasteiger partial charge in [-0.25, -0.2) is 4.98 Å². The quantitative estimate of drug-likeness (QED) is 0.726. The highest BCUT2D eigenvalue weighted by atomic mass is 32.1. The van der Waals surface area contributed by atoms with Crippen LogP contribution in [0.25, 0.3) is 0 Å². The van der Waals surface area contributed by atoms with E-state index in [1.807, 2.05) is 0 Å². The van der Waals surface area contributed by atoms with Gasteiger partial charge >= 0.3 is 0 Å². The van der Waals surface area contributed by atoms with Gasteiger partial charge in [-0.3, -0.25) is 4.79 Å². The molecule has 0 saturated heterocycles. The van der Waals surface area contributed by atoms with Crippen molar-refractivity contribution in [2.45, 2.75) is 13.3 Å². The topological polar surface area (TPSA) is 68.0 Å². The number of hydrogen-bond donors (Lipinski definition) is 2. The third kappa shape index (κ3) is 3.70. The molecule has 0 fully saturated rings. The summed E-state index contributed by atoms with van der Waals surface area (Å²) < 4.78 is 0. The Labute approximate surface area is 92.9 Å². The number of nitrogens with one attached hydrogen (secondary N) is 1. The number of aromatic nitrogens is 1. The Balaban J connectivity index is 2.52. The van der Waals surface area contributed by atoms with Crippen LogP contribution >= 0.6 is 11.3 Å². The van der Waals surface area contributed by atoms with Gasteiger partial charge in [-0.15, -0.1) is 17.3 Å². The molecule has 1 aromatic heterocycles. The summed E-state index contributed by atoms with van der Waals surface area (Å²) in [5, 5.41) is 5.28. The predicted octanol–water partition coefficient (Wildman–Crippen LogP) is 0.397. The second kappa shape index (κ2) is 6.17. The molecular weight excluding hydrogens is 210 g/mol. The van der Waals surface area contributed by atoms with Crippen molar-refractivity contribution in [3.63, 3.8) is 0 Å². The predicted molar refractivity (Wildman–Crippen MR) is 60.7 cm³/mol. The van der Waals surface area contributed by atoms with E-state index in [1.54, 1.807) is 12.3 Å². The summed E-state index contributed by atoms with van der Waals surface area (Å²) in [6.07, 6.45) is 0.715. The molecule has 0 saturated carbocycles. The Morgan fingerprint density at radius 1 is 1.73 bits per heavy atom. The number of nitrogens with zero attached hydrogens (tertiary/aromatic N) is 1. The molecule has 80 valence electrons. The molecule has 4 nitrogen and oxygen atoms in total. The lowest BCUT2D eigenvalue weighted by molar-refractivity contribution is 0.0954. The average molecular weight is 223 g/mol. The van der Waals surface area contributed by atoms with Crippen molar-refractivity contribution < 1.29 is 4.79 Å². The van der Waals surface area contributed by atoms with E-state index < -0.39 is 0 Å². The van der Waals surface area contributed by atoms with Crippen molar-refractivity contribution in [2.24, 2.45) is 5.73 Å². The van der Waals surface area contributed by atoms with Gasteiger partial charge in [-0.1, -0.05) is 5.92 Å². The Bertz CT molecular complexity index is 389. The third-order valence-corrected chi connectivity index (χ3v) is 2.57. The molecule has 0 bridgehead atoms. The lowest BCUT2D eigenvalue weighted by Gasteiger charge is -1.96. The number of rotatable bonds is 4. The standard InChI is InChI=1S/C10H13N3OS/c1-2-3-6-12-10(14)8-7-15-9(13-8)4-5-11/h7H,4-6,11H2,1H3,(H,12,14). The van der Waals surface area contributed by atoms with Gasteiger partial charge in [-0.05, 0) is 13.5 Å². The van der Waals surface area contributed by atoms with Crippen molar-refractivity contribution in [2.75, 3.05) is 13.1 Å². The van der Waals surface area contributed by atoms with Crippen molar-refractivity contribution in [1.29, 1.82) is 0 Å². The summed E-state index contributed by atoms with van der Waals surface area (Å²) in [7, 11) is 0. The first kappa shape index (κ1) is 11.7. The van der Waals surface area contributed by atoms with Crippen LogP contribution in [0.1, 0.15) is 22.4 Å². The molecule has 0 unspecified atom stereocenters. The van der Waals surface area contributed by atoms with E-state index >= 15 is 0 Å². The maximum Gasteiger partial charge on any atom is 0.271 e. The van der Waals surface area contributed by atoms with Crippen LogP contribution in [0, 0.1) is 11.8 Å². The van der Waals surface area contributed by atoms with Crippen LogP contribution < -0.4 is 11.1 Å². The van der Waals surface area contributed by atoms with Gasteiger partial charge in [0.15, 0.2) is 0 Å². The highest BCUT2D eigenvalue weighted by Crippen LogP contribution is 2.09. The van der Waals surface area contributed by atoms with Crippen LogP contribution in [0.3, 0.4) is 0 Å². The number of hydrogen-bond acceptors (Lipinski definition) is 4. The Morgan fingerprint density at radius 3 is 3.20 bits per heavy atom. The molecule has 0 aliphatic carbocycles. The van der Waals surface area contributed by atoms with Gasteiger partial charge in [0.1, 0.15) is 5.69 Å². The summed E-state index contributed by atoms with van der Waals surface area (Å²) >= 11 is 1.45. The Hall–Kier alpha value is -1.38.